The average Bonchev–Trinajstić information content (AvgIpc) is 2.33. The van der Waals surface area contributed by atoms with Gasteiger partial charge in [-0.25, -0.2) is 0 Å². The third kappa shape index (κ3) is 3.75. The maximum Gasteiger partial charge on any atom is 0.389 e. The van der Waals surface area contributed by atoms with Crippen LogP contribution in [0.15, 0.2) is 0 Å². The molecule has 0 aromatic rings. The predicted octanol–water partition coefficient (Wildman–Crippen LogP) is 4.91. The minimum Gasteiger partial charge on any atom is -0.314 e. The minimum absolute atomic E-state index is 0.0490. The van der Waals surface area contributed by atoms with Crippen LogP contribution in [-0.2, 0) is 0 Å². The van der Waals surface area contributed by atoms with Gasteiger partial charge in [-0.2, -0.15) is 13.2 Å². The van der Waals surface area contributed by atoms with Gasteiger partial charge >= 0.3 is 6.18 Å². The molecule has 1 N–H and O–H groups in total. The van der Waals surface area contributed by atoms with E-state index >= 15 is 0 Å². The fourth-order valence-electron chi connectivity index (χ4n) is 5.97. The van der Waals surface area contributed by atoms with Crippen LogP contribution in [0.3, 0.4) is 0 Å². The van der Waals surface area contributed by atoms with Gasteiger partial charge in [-0.3, -0.25) is 0 Å². The van der Waals surface area contributed by atoms with Crippen LogP contribution in [-0.4, -0.2) is 18.8 Å². The van der Waals surface area contributed by atoms with Crippen molar-refractivity contribution in [1.29, 1.82) is 0 Å². The maximum absolute atomic E-state index is 12.5. The summed E-state index contributed by atoms with van der Waals surface area (Å²) in [4.78, 5) is 0. The Morgan fingerprint density at radius 3 is 2.00 bits per heavy atom. The van der Waals surface area contributed by atoms with Gasteiger partial charge in [0.15, 0.2) is 0 Å². The van der Waals surface area contributed by atoms with Crippen molar-refractivity contribution in [3.8, 4) is 0 Å². The molecule has 4 aliphatic carbocycles. The molecular formula is C17H28F3N. The van der Waals surface area contributed by atoms with E-state index in [9.17, 15) is 13.2 Å². The number of hydrogen-bond acceptors (Lipinski definition) is 1. The van der Waals surface area contributed by atoms with E-state index in [4.69, 9.17) is 0 Å². The monoisotopic (exact) mass is 303 g/mol. The van der Waals surface area contributed by atoms with E-state index in [0.717, 1.165) is 30.7 Å². The van der Waals surface area contributed by atoms with Gasteiger partial charge in [0.2, 0.25) is 0 Å². The van der Waals surface area contributed by atoms with Crippen molar-refractivity contribution in [2.24, 2.45) is 23.2 Å². The van der Waals surface area contributed by atoms with Crippen molar-refractivity contribution in [3.63, 3.8) is 0 Å². The first kappa shape index (κ1) is 15.6. The zero-order chi connectivity index (χ0) is 15.1. The van der Waals surface area contributed by atoms with E-state index in [1.165, 1.54) is 38.5 Å². The Morgan fingerprint density at radius 1 is 1.05 bits per heavy atom. The largest absolute Gasteiger partial charge is 0.389 e. The van der Waals surface area contributed by atoms with Crippen LogP contribution >= 0.6 is 0 Å². The molecule has 1 unspecified atom stereocenters. The van der Waals surface area contributed by atoms with E-state index in [2.05, 4.69) is 5.32 Å². The highest BCUT2D eigenvalue weighted by Gasteiger charge is 2.51. The first-order valence-electron chi connectivity index (χ1n) is 8.67. The Kier molecular flexibility index (Phi) is 4.28. The molecule has 4 aliphatic rings. The second-order valence-electron chi connectivity index (χ2n) is 8.03. The summed E-state index contributed by atoms with van der Waals surface area (Å²) in [6.45, 7) is 2.77. The molecular weight excluding hydrogens is 275 g/mol. The lowest BCUT2D eigenvalue weighted by atomic mass is 9.48. The molecule has 21 heavy (non-hydrogen) atoms. The van der Waals surface area contributed by atoms with E-state index in [-0.39, 0.29) is 12.5 Å². The van der Waals surface area contributed by atoms with E-state index < -0.39 is 12.6 Å². The Labute approximate surface area is 126 Å². The number of nitrogens with one attached hydrogen (secondary N) is 1. The van der Waals surface area contributed by atoms with E-state index in [0.29, 0.717) is 5.41 Å². The first-order valence-corrected chi connectivity index (χ1v) is 8.67. The second kappa shape index (κ2) is 5.75. The summed E-state index contributed by atoms with van der Waals surface area (Å²) in [6.07, 6.45) is 4.60. The van der Waals surface area contributed by atoms with Crippen LogP contribution in [0.4, 0.5) is 13.2 Å². The molecule has 4 saturated carbocycles. The molecule has 0 amide bonds. The molecule has 1 nitrogen and oxygen atoms in total. The third-order valence-electron chi connectivity index (χ3n) is 6.11. The summed E-state index contributed by atoms with van der Waals surface area (Å²) < 4.78 is 37.6. The summed E-state index contributed by atoms with van der Waals surface area (Å²) in [6, 6.07) is 0.0490. The fraction of sp³-hybridized carbons (Fsp3) is 1.00. The van der Waals surface area contributed by atoms with E-state index in [1.54, 1.807) is 0 Å². The zero-order valence-corrected chi connectivity index (χ0v) is 13.0. The molecule has 0 aromatic heterocycles. The molecule has 0 spiro atoms. The molecule has 4 fully saturated rings. The molecule has 1 atom stereocenters. The van der Waals surface area contributed by atoms with Crippen molar-refractivity contribution >= 4 is 0 Å². The molecule has 0 heterocycles. The molecule has 0 aromatic carbocycles. The summed E-state index contributed by atoms with van der Waals surface area (Å²) >= 11 is 0. The highest BCUT2D eigenvalue weighted by atomic mass is 19.4. The second-order valence-corrected chi connectivity index (χ2v) is 8.03. The predicted molar refractivity (Wildman–Crippen MR) is 78.0 cm³/mol. The van der Waals surface area contributed by atoms with Crippen LogP contribution in [0, 0.1) is 23.2 Å². The van der Waals surface area contributed by atoms with Crippen LogP contribution in [0.1, 0.15) is 64.7 Å². The molecule has 0 radical (unpaired) electrons. The SMILES string of the molecule is CCNC(CCC(F)(F)F)CC12CC3CC(CC(C3)C1)C2. The number of alkyl halides is 3. The van der Waals surface area contributed by atoms with Crippen LogP contribution in [0.2, 0.25) is 0 Å². The van der Waals surface area contributed by atoms with Gasteiger partial charge in [-0.05, 0) is 81.1 Å². The molecule has 4 rings (SSSR count). The average molecular weight is 303 g/mol. The quantitative estimate of drug-likeness (QED) is 0.735. The van der Waals surface area contributed by atoms with Crippen molar-refractivity contribution in [1.82, 2.24) is 5.32 Å². The van der Waals surface area contributed by atoms with Crippen molar-refractivity contribution in [2.45, 2.75) is 76.9 Å². The van der Waals surface area contributed by atoms with Gasteiger partial charge in [0.05, 0.1) is 0 Å². The zero-order valence-electron chi connectivity index (χ0n) is 13.0. The lowest BCUT2D eigenvalue weighted by Gasteiger charge is -2.57. The molecule has 0 aliphatic heterocycles. The van der Waals surface area contributed by atoms with Gasteiger partial charge in [0.1, 0.15) is 0 Å². The third-order valence-corrected chi connectivity index (χ3v) is 6.11. The smallest absolute Gasteiger partial charge is 0.314 e. The summed E-state index contributed by atoms with van der Waals surface area (Å²) in [5.41, 5.74) is 0.368. The van der Waals surface area contributed by atoms with Gasteiger partial charge in [-0.15, -0.1) is 0 Å². The topological polar surface area (TPSA) is 12.0 Å². The standard InChI is InChI=1S/C17H28F3N/c1-2-21-15(3-4-17(18,19)20)11-16-8-12-5-13(9-16)7-14(6-12)10-16/h12-15,21H,2-11H2,1H3. The molecule has 4 bridgehead atoms. The molecule has 122 valence electrons. The Balaban J connectivity index is 1.62. The number of hydrogen-bond donors (Lipinski definition) is 1. The van der Waals surface area contributed by atoms with E-state index in [1.807, 2.05) is 6.92 Å². The van der Waals surface area contributed by atoms with Gasteiger partial charge in [0, 0.05) is 12.5 Å². The van der Waals surface area contributed by atoms with Crippen molar-refractivity contribution in [3.05, 3.63) is 0 Å². The van der Waals surface area contributed by atoms with Crippen LogP contribution in [0.5, 0.6) is 0 Å². The molecule has 4 heteroatoms. The number of halogens is 3. The van der Waals surface area contributed by atoms with Gasteiger partial charge in [0.25, 0.3) is 0 Å². The summed E-state index contributed by atoms with van der Waals surface area (Å²) in [7, 11) is 0. The molecule has 0 saturated heterocycles. The number of rotatable bonds is 6. The Morgan fingerprint density at radius 2 is 1.57 bits per heavy atom. The first-order chi connectivity index (χ1) is 9.87. The van der Waals surface area contributed by atoms with Gasteiger partial charge < -0.3 is 5.32 Å². The highest BCUT2D eigenvalue weighted by molar-refractivity contribution is 5.02. The maximum atomic E-state index is 12.5. The van der Waals surface area contributed by atoms with Crippen LogP contribution in [0.25, 0.3) is 0 Å². The highest BCUT2D eigenvalue weighted by Crippen LogP contribution is 2.61. The lowest BCUT2D eigenvalue weighted by molar-refractivity contribution is -0.138. The Hall–Kier alpha value is -0.250. The fourth-order valence-corrected chi connectivity index (χ4v) is 5.97. The van der Waals surface area contributed by atoms with Crippen molar-refractivity contribution in [2.75, 3.05) is 6.54 Å². The van der Waals surface area contributed by atoms with Crippen molar-refractivity contribution < 1.29 is 13.2 Å². The minimum atomic E-state index is -4.02. The lowest BCUT2D eigenvalue weighted by Crippen LogP contribution is -2.49. The summed E-state index contributed by atoms with van der Waals surface area (Å²) in [5.74, 6) is 2.63. The Bertz CT molecular complexity index is 328. The van der Waals surface area contributed by atoms with Crippen LogP contribution < -0.4 is 5.32 Å². The normalized spacial score (nSPS) is 39.7. The summed E-state index contributed by atoms with van der Waals surface area (Å²) in [5, 5.41) is 3.33. The van der Waals surface area contributed by atoms with Gasteiger partial charge in [-0.1, -0.05) is 6.92 Å².